The zero-order chi connectivity index (χ0) is 14.2. The number of hydrogen-bond donors (Lipinski definition) is 1. The molecule has 2 heterocycles. The van der Waals surface area contributed by atoms with Crippen molar-refractivity contribution in [2.75, 3.05) is 5.32 Å². The summed E-state index contributed by atoms with van der Waals surface area (Å²) in [6.07, 6.45) is 1.65. The van der Waals surface area contributed by atoms with Crippen LogP contribution < -0.4 is 5.32 Å². The van der Waals surface area contributed by atoms with Gasteiger partial charge in [0.2, 0.25) is 0 Å². The molecule has 2 aromatic rings. The predicted molar refractivity (Wildman–Crippen MR) is 76.2 cm³/mol. The minimum atomic E-state index is -0.241. The van der Waals surface area contributed by atoms with Gasteiger partial charge in [-0.05, 0) is 36.7 Å². The molecule has 0 atom stereocenters. The number of carbonyl (C=O) groups excluding carboxylic acids is 1. The van der Waals surface area contributed by atoms with E-state index in [0.29, 0.717) is 15.9 Å². The lowest BCUT2D eigenvalue weighted by atomic mass is 10.3. The van der Waals surface area contributed by atoms with E-state index in [9.17, 15) is 4.79 Å². The van der Waals surface area contributed by atoms with E-state index in [-0.39, 0.29) is 5.91 Å². The lowest BCUT2D eigenvalue weighted by Crippen LogP contribution is -2.14. The highest BCUT2D eigenvalue weighted by Gasteiger charge is 2.19. The average molecular weight is 326 g/mol. The van der Waals surface area contributed by atoms with Crippen molar-refractivity contribution in [3.63, 3.8) is 0 Å². The van der Waals surface area contributed by atoms with Crippen LogP contribution in [0.2, 0.25) is 0 Å². The first-order valence-electron chi connectivity index (χ1n) is 5.98. The molecule has 2 rings (SSSR count). The maximum atomic E-state index is 12.2. The van der Waals surface area contributed by atoms with Crippen LogP contribution in [-0.2, 0) is 13.6 Å². The molecule has 102 valence electrons. The Morgan fingerprint density at radius 3 is 2.58 bits per heavy atom. The van der Waals surface area contributed by atoms with Crippen molar-refractivity contribution in [3.05, 3.63) is 27.8 Å². The molecule has 0 aromatic carbocycles. The second-order valence-corrected chi connectivity index (χ2v) is 5.08. The van der Waals surface area contributed by atoms with E-state index in [1.54, 1.807) is 17.9 Å². The Balaban J connectivity index is 2.25. The van der Waals surface area contributed by atoms with Crippen molar-refractivity contribution in [1.29, 1.82) is 0 Å². The highest BCUT2D eigenvalue weighted by molar-refractivity contribution is 9.10. The van der Waals surface area contributed by atoms with Crippen LogP contribution in [0.3, 0.4) is 0 Å². The largest absolute Gasteiger partial charge is 0.318 e. The molecule has 1 amide bonds. The number of hydrogen-bond acceptors (Lipinski definition) is 3. The van der Waals surface area contributed by atoms with Gasteiger partial charge in [-0.2, -0.15) is 10.2 Å². The van der Waals surface area contributed by atoms with Gasteiger partial charge in [-0.15, -0.1) is 0 Å². The van der Waals surface area contributed by atoms with Crippen LogP contribution in [0.25, 0.3) is 0 Å². The quantitative estimate of drug-likeness (QED) is 0.941. The molecule has 0 bridgehead atoms. The molecule has 19 heavy (non-hydrogen) atoms. The standard InChI is InChI=1S/C12H16BrN5O/c1-5-18-7(2)9(6-14-18)15-12(19)11-10(13)8(3)17(4)16-11/h6H,5H2,1-4H3,(H,15,19). The fourth-order valence-corrected chi connectivity index (χ4v) is 2.31. The zero-order valence-corrected chi connectivity index (χ0v) is 12.9. The van der Waals surface area contributed by atoms with Crippen molar-refractivity contribution in [1.82, 2.24) is 19.6 Å². The van der Waals surface area contributed by atoms with Crippen LogP contribution >= 0.6 is 15.9 Å². The first-order valence-corrected chi connectivity index (χ1v) is 6.77. The minimum Gasteiger partial charge on any atom is -0.318 e. The number of nitrogens with one attached hydrogen (secondary N) is 1. The van der Waals surface area contributed by atoms with Crippen LogP contribution in [0, 0.1) is 13.8 Å². The lowest BCUT2D eigenvalue weighted by molar-refractivity contribution is 0.102. The number of aromatic nitrogens is 4. The summed E-state index contributed by atoms with van der Waals surface area (Å²) in [5.41, 5.74) is 2.93. The summed E-state index contributed by atoms with van der Waals surface area (Å²) in [6, 6.07) is 0. The summed E-state index contributed by atoms with van der Waals surface area (Å²) in [6.45, 7) is 6.59. The number of nitrogens with zero attached hydrogens (tertiary/aromatic N) is 4. The number of carbonyl (C=O) groups is 1. The summed E-state index contributed by atoms with van der Waals surface area (Å²) in [5.74, 6) is -0.241. The van der Waals surface area contributed by atoms with Gasteiger partial charge in [0, 0.05) is 13.6 Å². The highest BCUT2D eigenvalue weighted by Crippen LogP contribution is 2.22. The van der Waals surface area contributed by atoms with Gasteiger partial charge in [-0.1, -0.05) is 0 Å². The van der Waals surface area contributed by atoms with E-state index in [1.807, 2.05) is 25.5 Å². The third-order valence-electron chi connectivity index (χ3n) is 3.13. The first kappa shape index (κ1) is 13.8. The Morgan fingerprint density at radius 2 is 2.11 bits per heavy atom. The van der Waals surface area contributed by atoms with Crippen molar-refractivity contribution in [3.8, 4) is 0 Å². The van der Waals surface area contributed by atoms with Gasteiger partial charge in [0.05, 0.1) is 27.7 Å². The van der Waals surface area contributed by atoms with Crippen molar-refractivity contribution in [2.24, 2.45) is 7.05 Å². The Morgan fingerprint density at radius 1 is 1.42 bits per heavy atom. The van der Waals surface area contributed by atoms with Crippen LogP contribution in [-0.4, -0.2) is 25.5 Å². The van der Waals surface area contributed by atoms with E-state index in [0.717, 1.165) is 17.9 Å². The SMILES string of the molecule is CCn1ncc(NC(=O)c2nn(C)c(C)c2Br)c1C. The lowest BCUT2D eigenvalue weighted by Gasteiger charge is -2.03. The topological polar surface area (TPSA) is 64.7 Å². The van der Waals surface area contributed by atoms with E-state index in [2.05, 4.69) is 31.4 Å². The molecule has 0 aliphatic heterocycles. The van der Waals surface area contributed by atoms with Gasteiger partial charge < -0.3 is 5.32 Å². The second kappa shape index (κ2) is 5.16. The normalized spacial score (nSPS) is 10.8. The molecule has 0 aliphatic carbocycles. The maximum absolute atomic E-state index is 12.2. The average Bonchev–Trinajstić information content (AvgIpc) is 2.85. The Hall–Kier alpha value is -1.63. The molecule has 0 spiro atoms. The van der Waals surface area contributed by atoms with Gasteiger partial charge in [-0.25, -0.2) is 0 Å². The number of anilines is 1. The molecular formula is C12H16BrN5O. The fourth-order valence-electron chi connectivity index (χ4n) is 1.80. The third-order valence-corrected chi connectivity index (χ3v) is 4.08. The molecule has 7 heteroatoms. The van der Waals surface area contributed by atoms with E-state index >= 15 is 0 Å². The number of rotatable bonds is 3. The smallest absolute Gasteiger partial charge is 0.277 e. The maximum Gasteiger partial charge on any atom is 0.277 e. The molecule has 0 radical (unpaired) electrons. The number of halogens is 1. The molecule has 0 aliphatic rings. The molecule has 2 aromatic heterocycles. The highest BCUT2D eigenvalue weighted by atomic mass is 79.9. The van der Waals surface area contributed by atoms with Gasteiger partial charge in [0.25, 0.3) is 5.91 Å². The van der Waals surface area contributed by atoms with Crippen LogP contribution in [0.15, 0.2) is 10.7 Å². The van der Waals surface area contributed by atoms with Crippen molar-refractivity contribution < 1.29 is 4.79 Å². The second-order valence-electron chi connectivity index (χ2n) is 4.29. The number of amides is 1. The predicted octanol–water partition coefficient (Wildman–Crippen LogP) is 2.27. The Bertz CT molecular complexity index is 628. The summed E-state index contributed by atoms with van der Waals surface area (Å²) < 4.78 is 4.21. The minimum absolute atomic E-state index is 0.241. The van der Waals surface area contributed by atoms with Gasteiger partial charge in [0.15, 0.2) is 5.69 Å². The molecular weight excluding hydrogens is 310 g/mol. The Kier molecular flexibility index (Phi) is 3.75. The first-order chi connectivity index (χ1) is 8.95. The van der Waals surface area contributed by atoms with Gasteiger partial charge in [0.1, 0.15) is 0 Å². The zero-order valence-electron chi connectivity index (χ0n) is 11.4. The van der Waals surface area contributed by atoms with E-state index in [1.165, 1.54) is 0 Å². The summed E-state index contributed by atoms with van der Waals surface area (Å²) in [7, 11) is 1.80. The van der Waals surface area contributed by atoms with Gasteiger partial charge >= 0.3 is 0 Å². The Labute approximate surface area is 119 Å². The summed E-state index contributed by atoms with van der Waals surface area (Å²) in [5, 5.41) is 11.2. The monoisotopic (exact) mass is 325 g/mol. The van der Waals surface area contributed by atoms with E-state index < -0.39 is 0 Å². The van der Waals surface area contributed by atoms with Crippen LogP contribution in [0.5, 0.6) is 0 Å². The fraction of sp³-hybridized carbons (Fsp3) is 0.417. The molecule has 0 fully saturated rings. The van der Waals surface area contributed by atoms with Crippen molar-refractivity contribution >= 4 is 27.5 Å². The van der Waals surface area contributed by atoms with Gasteiger partial charge in [-0.3, -0.25) is 14.2 Å². The summed E-state index contributed by atoms with van der Waals surface area (Å²) >= 11 is 3.39. The summed E-state index contributed by atoms with van der Waals surface area (Å²) in [4.78, 5) is 12.2. The number of aryl methyl sites for hydroxylation is 2. The molecule has 6 nitrogen and oxygen atoms in total. The van der Waals surface area contributed by atoms with Crippen molar-refractivity contribution in [2.45, 2.75) is 27.3 Å². The molecule has 0 saturated carbocycles. The molecule has 1 N–H and O–H groups in total. The van der Waals surface area contributed by atoms with Crippen LogP contribution in [0.4, 0.5) is 5.69 Å². The molecule has 0 saturated heterocycles. The van der Waals surface area contributed by atoms with Crippen LogP contribution in [0.1, 0.15) is 28.8 Å². The third kappa shape index (κ3) is 2.42. The van der Waals surface area contributed by atoms with E-state index in [4.69, 9.17) is 0 Å². The molecule has 0 unspecified atom stereocenters.